The first kappa shape index (κ1) is 31.7. The lowest BCUT2D eigenvalue weighted by atomic mass is 9.97. The van der Waals surface area contributed by atoms with E-state index >= 15 is 8.78 Å². The Bertz CT molecular complexity index is 1320. The Labute approximate surface area is 244 Å². The van der Waals surface area contributed by atoms with E-state index in [0.29, 0.717) is 30.4 Å². The molecule has 3 aromatic carbocycles. The summed E-state index contributed by atoms with van der Waals surface area (Å²) in [5.74, 6) is -4.69. The normalized spacial score (nSPS) is 17.7. The second kappa shape index (κ2) is 15.3. The van der Waals surface area contributed by atoms with Gasteiger partial charge < -0.3 is 19.3 Å². The Balaban J connectivity index is 1.41. The van der Waals surface area contributed by atoms with Gasteiger partial charge in [0.25, 0.3) is 0 Å². The van der Waals surface area contributed by atoms with E-state index in [1.807, 2.05) is 0 Å². The summed E-state index contributed by atoms with van der Waals surface area (Å²) in [6.07, 6.45) is 6.27. The highest BCUT2D eigenvalue weighted by Gasteiger charge is 2.31. The van der Waals surface area contributed by atoms with Gasteiger partial charge in [0, 0.05) is 22.6 Å². The van der Waals surface area contributed by atoms with Gasteiger partial charge in [-0.3, -0.25) is 0 Å². The third-order valence-corrected chi connectivity index (χ3v) is 7.55. The Kier molecular flexibility index (Phi) is 11.6. The standard InChI is InChI=1S/C34H38F4O4/c1-3-5-7-8-10-28(39)24-20-41-34(42-21-24)27-16-15-25(30(35)32(27)37)22-11-13-23(14-12-22)26-17-18-29(33(38)31(26)36)40-19-9-6-4-2/h4,11-18,24,28,34,39H,2-3,5-10,19-21H2,1H3. The van der Waals surface area contributed by atoms with Crippen LogP contribution >= 0.6 is 0 Å². The molecular formula is C34H38F4O4. The number of allylic oxidation sites excluding steroid dienone is 1. The van der Waals surface area contributed by atoms with Crippen molar-refractivity contribution in [3.63, 3.8) is 0 Å². The second-order valence-corrected chi connectivity index (χ2v) is 10.6. The minimum absolute atomic E-state index is 0.00825. The first-order valence-corrected chi connectivity index (χ1v) is 14.6. The van der Waals surface area contributed by atoms with Gasteiger partial charge in [0.1, 0.15) is 0 Å². The van der Waals surface area contributed by atoms with Gasteiger partial charge in [0.05, 0.1) is 25.9 Å². The van der Waals surface area contributed by atoms with E-state index in [1.165, 1.54) is 48.5 Å². The molecule has 0 aliphatic carbocycles. The van der Waals surface area contributed by atoms with Crippen LogP contribution in [0.15, 0.2) is 61.2 Å². The van der Waals surface area contributed by atoms with E-state index in [1.54, 1.807) is 6.08 Å². The Morgan fingerprint density at radius 1 is 0.833 bits per heavy atom. The number of unbranched alkanes of at least 4 members (excludes halogenated alkanes) is 4. The molecule has 42 heavy (non-hydrogen) atoms. The maximum Gasteiger partial charge on any atom is 0.201 e. The van der Waals surface area contributed by atoms with E-state index in [-0.39, 0.29) is 48.2 Å². The minimum Gasteiger partial charge on any atom is -0.490 e. The molecule has 0 aromatic heterocycles. The molecule has 0 bridgehead atoms. The van der Waals surface area contributed by atoms with Crippen LogP contribution in [0, 0.1) is 29.2 Å². The van der Waals surface area contributed by atoms with Crippen LogP contribution in [0.5, 0.6) is 5.75 Å². The molecule has 1 saturated heterocycles. The summed E-state index contributed by atoms with van der Waals surface area (Å²) in [5, 5.41) is 10.4. The zero-order valence-electron chi connectivity index (χ0n) is 23.9. The molecule has 1 aliphatic heterocycles. The van der Waals surface area contributed by atoms with Crippen molar-refractivity contribution in [2.45, 2.75) is 64.3 Å². The van der Waals surface area contributed by atoms with Gasteiger partial charge in [0.2, 0.25) is 5.82 Å². The molecule has 1 aliphatic rings. The summed E-state index contributed by atoms with van der Waals surface area (Å²) in [5.41, 5.74) is 0.705. The highest BCUT2D eigenvalue weighted by molar-refractivity contribution is 5.71. The molecule has 4 nitrogen and oxygen atoms in total. The van der Waals surface area contributed by atoms with Crippen molar-refractivity contribution in [3.05, 3.63) is 90.0 Å². The summed E-state index contributed by atoms with van der Waals surface area (Å²) in [6.45, 7) is 6.34. The number of hydrogen-bond acceptors (Lipinski definition) is 4. The van der Waals surface area contributed by atoms with Crippen molar-refractivity contribution in [1.82, 2.24) is 0 Å². The molecule has 8 heteroatoms. The van der Waals surface area contributed by atoms with E-state index in [0.717, 1.165) is 25.7 Å². The third kappa shape index (κ3) is 7.60. The zero-order chi connectivity index (χ0) is 30.1. The third-order valence-electron chi connectivity index (χ3n) is 7.55. The maximum atomic E-state index is 15.2. The summed E-state index contributed by atoms with van der Waals surface area (Å²) in [4.78, 5) is 0. The number of aliphatic hydroxyl groups is 1. The van der Waals surface area contributed by atoms with E-state index < -0.39 is 35.7 Å². The van der Waals surface area contributed by atoms with Gasteiger partial charge in [-0.1, -0.05) is 75.1 Å². The first-order valence-electron chi connectivity index (χ1n) is 14.6. The monoisotopic (exact) mass is 586 g/mol. The van der Waals surface area contributed by atoms with E-state index in [9.17, 15) is 13.9 Å². The van der Waals surface area contributed by atoms with Crippen LogP contribution < -0.4 is 4.74 Å². The number of halogens is 4. The molecule has 3 aromatic rings. The molecule has 1 heterocycles. The van der Waals surface area contributed by atoms with E-state index in [4.69, 9.17) is 14.2 Å². The van der Waals surface area contributed by atoms with Gasteiger partial charge in [-0.15, -0.1) is 6.58 Å². The minimum atomic E-state index is -1.09. The number of benzene rings is 3. The van der Waals surface area contributed by atoms with Crippen LogP contribution in [0.2, 0.25) is 0 Å². The van der Waals surface area contributed by atoms with Crippen LogP contribution in [-0.4, -0.2) is 31.0 Å². The fraction of sp³-hybridized carbons (Fsp3) is 0.412. The molecule has 4 rings (SSSR count). The summed E-state index contributed by atoms with van der Waals surface area (Å²) < 4.78 is 76.4. The smallest absolute Gasteiger partial charge is 0.201 e. The summed E-state index contributed by atoms with van der Waals surface area (Å²) in [6, 6.07) is 11.7. The number of aliphatic hydroxyl groups excluding tert-OH is 1. The Hall–Kier alpha value is -3.20. The molecule has 0 amide bonds. The van der Waals surface area contributed by atoms with Crippen molar-refractivity contribution in [1.29, 1.82) is 0 Å². The van der Waals surface area contributed by atoms with Crippen LogP contribution in [0.3, 0.4) is 0 Å². The van der Waals surface area contributed by atoms with Crippen molar-refractivity contribution < 1.29 is 36.9 Å². The SMILES string of the molecule is C=CCCCOc1ccc(-c2ccc(-c3ccc(C4OCC(C(O)CCCCCC)CO4)c(F)c3F)cc2)c(F)c1F. The van der Waals surface area contributed by atoms with Crippen molar-refractivity contribution in [2.75, 3.05) is 19.8 Å². The van der Waals surface area contributed by atoms with Gasteiger partial charge in [-0.2, -0.15) is 4.39 Å². The Morgan fingerprint density at radius 3 is 2.07 bits per heavy atom. The van der Waals surface area contributed by atoms with Crippen molar-refractivity contribution in [3.8, 4) is 28.0 Å². The first-order chi connectivity index (χ1) is 20.3. The van der Waals surface area contributed by atoms with Crippen molar-refractivity contribution in [2.24, 2.45) is 5.92 Å². The fourth-order valence-electron chi connectivity index (χ4n) is 5.01. The van der Waals surface area contributed by atoms with Gasteiger partial charge >= 0.3 is 0 Å². The lowest BCUT2D eigenvalue weighted by molar-refractivity contribution is -0.220. The maximum absolute atomic E-state index is 15.2. The topological polar surface area (TPSA) is 47.9 Å². The molecule has 0 radical (unpaired) electrons. The second-order valence-electron chi connectivity index (χ2n) is 10.6. The molecule has 1 unspecified atom stereocenters. The molecule has 1 N–H and O–H groups in total. The van der Waals surface area contributed by atoms with Gasteiger partial charge in [-0.25, -0.2) is 13.2 Å². The number of hydrogen-bond donors (Lipinski definition) is 1. The summed E-state index contributed by atoms with van der Waals surface area (Å²) in [7, 11) is 0. The molecule has 226 valence electrons. The van der Waals surface area contributed by atoms with Gasteiger partial charge in [0.15, 0.2) is 29.5 Å². The predicted octanol–water partition coefficient (Wildman–Crippen LogP) is 8.91. The van der Waals surface area contributed by atoms with E-state index in [2.05, 4.69) is 13.5 Å². The quantitative estimate of drug-likeness (QED) is 0.116. The molecule has 1 atom stereocenters. The Morgan fingerprint density at radius 2 is 1.45 bits per heavy atom. The van der Waals surface area contributed by atoms with Crippen LogP contribution in [-0.2, 0) is 9.47 Å². The van der Waals surface area contributed by atoms with Gasteiger partial charge in [-0.05, 0) is 42.5 Å². The molecule has 0 spiro atoms. The molecule has 0 saturated carbocycles. The fourth-order valence-corrected chi connectivity index (χ4v) is 5.01. The van der Waals surface area contributed by atoms with Crippen LogP contribution in [0.1, 0.15) is 63.7 Å². The average molecular weight is 587 g/mol. The zero-order valence-corrected chi connectivity index (χ0v) is 23.9. The lowest BCUT2D eigenvalue weighted by Gasteiger charge is -2.32. The van der Waals surface area contributed by atoms with Crippen molar-refractivity contribution >= 4 is 0 Å². The lowest BCUT2D eigenvalue weighted by Crippen LogP contribution is -2.35. The largest absolute Gasteiger partial charge is 0.490 e. The van der Waals surface area contributed by atoms with Crippen LogP contribution in [0.4, 0.5) is 17.6 Å². The molecule has 1 fully saturated rings. The van der Waals surface area contributed by atoms with Crippen LogP contribution in [0.25, 0.3) is 22.3 Å². The number of ether oxygens (including phenoxy) is 3. The predicted molar refractivity (Wildman–Crippen MR) is 155 cm³/mol. The highest BCUT2D eigenvalue weighted by atomic mass is 19.2. The number of rotatable bonds is 14. The average Bonchev–Trinajstić information content (AvgIpc) is 3.01. The highest BCUT2D eigenvalue weighted by Crippen LogP contribution is 2.35. The summed E-state index contributed by atoms with van der Waals surface area (Å²) >= 11 is 0. The molecular weight excluding hydrogens is 548 g/mol.